The summed E-state index contributed by atoms with van der Waals surface area (Å²) in [5, 5.41) is 0. The Labute approximate surface area is 146 Å². The SMILES string of the molecule is COC(=O)C1=C[C@@H]2C[C@H](OCc3ccccc3)[C@H]1C(=O)C2(OC)OC. The van der Waals surface area contributed by atoms with Gasteiger partial charge in [-0.25, -0.2) is 4.79 Å². The molecule has 4 rings (SSSR count). The summed E-state index contributed by atoms with van der Waals surface area (Å²) in [5.74, 6) is -3.35. The van der Waals surface area contributed by atoms with E-state index in [0.29, 0.717) is 18.6 Å². The summed E-state index contributed by atoms with van der Waals surface area (Å²) in [4.78, 5) is 25.2. The number of ketones is 1. The maximum absolute atomic E-state index is 13.0. The maximum Gasteiger partial charge on any atom is 0.334 e. The van der Waals surface area contributed by atoms with Crippen LogP contribution in [0.5, 0.6) is 0 Å². The zero-order valence-electron chi connectivity index (χ0n) is 14.6. The fourth-order valence-corrected chi connectivity index (χ4v) is 3.79. The first kappa shape index (κ1) is 17.8. The molecule has 0 saturated heterocycles. The summed E-state index contributed by atoms with van der Waals surface area (Å²) in [6.07, 6.45) is 1.84. The normalized spacial score (nSPS) is 27.1. The summed E-state index contributed by atoms with van der Waals surface area (Å²) < 4.78 is 21.7. The van der Waals surface area contributed by atoms with Crippen molar-refractivity contribution in [2.24, 2.45) is 11.8 Å². The predicted octanol–water partition coefficient (Wildman–Crippen LogP) is 1.88. The molecular formula is C19H22O6. The van der Waals surface area contributed by atoms with E-state index in [2.05, 4.69) is 0 Å². The Morgan fingerprint density at radius 1 is 1.16 bits per heavy atom. The number of hydrogen-bond donors (Lipinski definition) is 0. The van der Waals surface area contributed by atoms with Crippen molar-refractivity contribution in [3.05, 3.63) is 47.5 Å². The quantitative estimate of drug-likeness (QED) is 0.579. The summed E-state index contributed by atoms with van der Waals surface area (Å²) in [6, 6.07) is 9.69. The average Bonchev–Trinajstić information content (AvgIpc) is 2.67. The van der Waals surface area contributed by atoms with Crippen LogP contribution in [0.15, 0.2) is 42.0 Å². The van der Waals surface area contributed by atoms with Crippen molar-refractivity contribution >= 4 is 11.8 Å². The number of benzene rings is 1. The topological polar surface area (TPSA) is 71.1 Å². The van der Waals surface area contributed by atoms with Crippen LogP contribution in [0.4, 0.5) is 0 Å². The number of methoxy groups -OCH3 is 3. The lowest BCUT2D eigenvalue weighted by Crippen LogP contribution is -2.62. The summed E-state index contributed by atoms with van der Waals surface area (Å²) >= 11 is 0. The molecule has 0 aromatic heterocycles. The molecule has 3 atom stereocenters. The molecule has 0 radical (unpaired) electrons. The number of hydrogen-bond acceptors (Lipinski definition) is 6. The number of carbonyl (C=O) groups is 2. The van der Waals surface area contributed by atoms with Crippen molar-refractivity contribution < 1.29 is 28.5 Å². The number of carbonyl (C=O) groups excluding carboxylic acids is 2. The van der Waals surface area contributed by atoms with Crippen LogP contribution in [0.2, 0.25) is 0 Å². The summed E-state index contributed by atoms with van der Waals surface area (Å²) in [6.45, 7) is 0.365. The van der Waals surface area contributed by atoms with Gasteiger partial charge in [-0.05, 0) is 12.0 Å². The van der Waals surface area contributed by atoms with Gasteiger partial charge in [0.05, 0.1) is 25.7 Å². The van der Waals surface area contributed by atoms with E-state index in [1.165, 1.54) is 21.3 Å². The first-order chi connectivity index (χ1) is 12.1. The molecule has 0 spiro atoms. The van der Waals surface area contributed by atoms with Gasteiger partial charge in [-0.3, -0.25) is 4.79 Å². The van der Waals surface area contributed by atoms with Gasteiger partial charge in [0.1, 0.15) is 0 Å². The first-order valence-electron chi connectivity index (χ1n) is 8.17. The van der Waals surface area contributed by atoms with E-state index < -0.39 is 29.7 Å². The van der Waals surface area contributed by atoms with Gasteiger partial charge in [-0.1, -0.05) is 36.4 Å². The first-order valence-corrected chi connectivity index (χ1v) is 8.17. The lowest BCUT2D eigenvalue weighted by Gasteiger charge is -2.49. The number of esters is 1. The molecule has 0 aliphatic heterocycles. The molecule has 0 unspecified atom stereocenters. The highest BCUT2D eigenvalue weighted by Crippen LogP contribution is 2.47. The standard InChI is InChI=1S/C19H22O6/c1-22-18(21)14-9-13-10-15(25-11-12-7-5-4-6-8-12)16(14)17(20)19(13,23-2)24-3/h4-9,13,15-16H,10-11H2,1-3H3/t13-,15+,16+/m1/s1. The van der Waals surface area contributed by atoms with Crippen LogP contribution in [0.3, 0.4) is 0 Å². The summed E-state index contributed by atoms with van der Waals surface area (Å²) in [5.41, 5.74) is 1.33. The second-order valence-electron chi connectivity index (χ2n) is 6.21. The van der Waals surface area contributed by atoms with E-state index in [-0.39, 0.29) is 5.78 Å². The molecule has 1 fully saturated rings. The van der Waals surface area contributed by atoms with Crippen molar-refractivity contribution in [1.29, 1.82) is 0 Å². The predicted molar refractivity (Wildman–Crippen MR) is 88.5 cm³/mol. The fourth-order valence-electron chi connectivity index (χ4n) is 3.79. The molecule has 25 heavy (non-hydrogen) atoms. The van der Waals surface area contributed by atoms with Crippen LogP contribution in [0, 0.1) is 11.8 Å². The number of ether oxygens (including phenoxy) is 4. The van der Waals surface area contributed by atoms with Gasteiger partial charge in [0.25, 0.3) is 0 Å². The molecule has 6 nitrogen and oxygen atoms in total. The molecule has 1 aromatic rings. The van der Waals surface area contributed by atoms with Crippen molar-refractivity contribution in [2.75, 3.05) is 21.3 Å². The summed E-state index contributed by atoms with van der Waals surface area (Å²) in [7, 11) is 4.18. The minimum atomic E-state index is -1.37. The molecule has 3 aliphatic carbocycles. The van der Waals surface area contributed by atoms with E-state index in [1.807, 2.05) is 30.3 Å². The van der Waals surface area contributed by atoms with E-state index in [9.17, 15) is 9.59 Å². The molecule has 6 heteroatoms. The van der Waals surface area contributed by atoms with Crippen LogP contribution in [-0.2, 0) is 35.1 Å². The van der Waals surface area contributed by atoms with Crippen LogP contribution < -0.4 is 0 Å². The monoisotopic (exact) mass is 346 g/mol. The largest absolute Gasteiger partial charge is 0.466 e. The van der Waals surface area contributed by atoms with Crippen molar-refractivity contribution in [3.63, 3.8) is 0 Å². The zero-order valence-corrected chi connectivity index (χ0v) is 14.6. The van der Waals surface area contributed by atoms with Crippen LogP contribution in [0.1, 0.15) is 12.0 Å². The third-order valence-electron chi connectivity index (χ3n) is 5.02. The number of fused-ring (bicyclic) bond motifs is 2. The second kappa shape index (κ2) is 7.07. The van der Waals surface area contributed by atoms with E-state index in [4.69, 9.17) is 18.9 Å². The highest BCUT2D eigenvalue weighted by Gasteiger charge is 2.61. The minimum absolute atomic E-state index is 0.297. The minimum Gasteiger partial charge on any atom is -0.466 e. The highest BCUT2D eigenvalue weighted by molar-refractivity contribution is 6.03. The van der Waals surface area contributed by atoms with Crippen LogP contribution >= 0.6 is 0 Å². The van der Waals surface area contributed by atoms with E-state index in [1.54, 1.807) is 6.08 Å². The zero-order chi connectivity index (χ0) is 18.0. The molecule has 0 heterocycles. The molecule has 1 saturated carbocycles. The van der Waals surface area contributed by atoms with Gasteiger partial charge in [-0.2, -0.15) is 0 Å². The molecule has 2 bridgehead atoms. The van der Waals surface area contributed by atoms with Gasteiger partial charge >= 0.3 is 5.97 Å². The van der Waals surface area contributed by atoms with Crippen molar-refractivity contribution in [2.45, 2.75) is 24.9 Å². The van der Waals surface area contributed by atoms with E-state index in [0.717, 1.165) is 5.56 Å². The third kappa shape index (κ3) is 2.90. The molecule has 0 N–H and O–H groups in total. The lowest BCUT2D eigenvalue weighted by molar-refractivity contribution is -0.247. The Balaban J connectivity index is 1.87. The van der Waals surface area contributed by atoms with Crippen molar-refractivity contribution in [1.82, 2.24) is 0 Å². The molecule has 1 aromatic carbocycles. The van der Waals surface area contributed by atoms with Crippen molar-refractivity contribution in [3.8, 4) is 0 Å². The molecule has 3 aliphatic rings. The Hall–Kier alpha value is -2.02. The van der Waals surface area contributed by atoms with Gasteiger partial charge < -0.3 is 18.9 Å². The van der Waals surface area contributed by atoms with Gasteiger partial charge in [-0.15, -0.1) is 0 Å². The average molecular weight is 346 g/mol. The third-order valence-corrected chi connectivity index (χ3v) is 5.02. The Kier molecular flexibility index (Phi) is 5.03. The Bertz CT molecular complexity index is 676. The smallest absolute Gasteiger partial charge is 0.334 e. The molecule has 0 amide bonds. The Morgan fingerprint density at radius 3 is 2.40 bits per heavy atom. The number of Topliss-reactive ketones (excluding diaryl/α,β-unsaturated/α-hetero) is 1. The second-order valence-corrected chi connectivity index (χ2v) is 6.21. The van der Waals surface area contributed by atoms with Gasteiger partial charge in [0.2, 0.25) is 11.6 Å². The highest BCUT2D eigenvalue weighted by atomic mass is 16.7. The fraction of sp³-hybridized carbons (Fsp3) is 0.474. The maximum atomic E-state index is 13.0. The van der Waals surface area contributed by atoms with Crippen LogP contribution in [0.25, 0.3) is 0 Å². The Morgan fingerprint density at radius 2 is 1.84 bits per heavy atom. The van der Waals surface area contributed by atoms with Crippen LogP contribution in [-0.4, -0.2) is 45.0 Å². The molecule has 134 valence electrons. The lowest BCUT2D eigenvalue weighted by atomic mass is 9.65. The van der Waals surface area contributed by atoms with E-state index >= 15 is 0 Å². The van der Waals surface area contributed by atoms with Gasteiger partial charge in [0, 0.05) is 25.7 Å². The number of rotatable bonds is 6. The molecular weight excluding hydrogens is 324 g/mol. The van der Waals surface area contributed by atoms with Gasteiger partial charge in [0.15, 0.2) is 0 Å².